The molecule has 2 rings (SSSR count). The number of piperidine rings is 1. The molecule has 0 aromatic rings. The summed E-state index contributed by atoms with van der Waals surface area (Å²) in [4.78, 5) is 14.6. The Hall–Kier alpha value is -0.650. The molecule has 1 N–H and O–H groups in total. The second kappa shape index (κ2) is 9.38. The molecule has 1 amide bonds. The van der Waals surface area contributed by atoms with E-state index < -0.39 is 0 Å². The van der Waals surface area contributed by atoms with Crippen molar-refractivity contribution in [2.24, 2.45) is 5.92 Å². The van der Waals surface area contributed by atoms with Gasteiger partial charge in [0.15, 0.2) is 0 Å². The van der Waals surface area contributed by atoms with Crippen molar-refractivity contribution in [2.45, 2.75) is 44.6 Å². The highest BCUT2D eigenvalue weighted by molar-refractivity contribution is 5.77. The Labute approximate surface area is 128 Å². The SMILES string of the molecule is COCCOCC(=O)N1CCCCCC1C1CCNCC1. The van der Waals surface area contributed by atoms with Crippen LogP contribution in [0.3, 0.4) is 0 Å². The van der Waals surface area contributed by atoms with Gasteiger partial charge in [0, 0.05) is 19.7 Å². The van der Waals surface area contributed by atoms with Gasteiger partial charge < -0.3 is 19.7 Å². The van der Waals surface area contributed by atoms with E-state index >= 15 is 0 Å². The maximum atomic E-state index is 12.5. The van der Waals surface area contributed by atoms with E-state index in [1.54, 1.807) is 7.11 Å². The Morgan fingerprint density at radius 1 is 1.14 bits per heavy atom. The number of hydrogen-bond donors (Lipinski definition) is 1. The summed E-state index contributed by atoms with van der Waals surface area (Å²) in [7, 11) is 1.65. The zero-order valence-corrected chi connectivity index (χ0v) is 13.3. The third-order valence-electron chi connectivity index (χ3n) is 4.70. The Balaban J connectivity index is 1.89. The van der Waals surface area contributed by atoms with Gasteiger partial charge in [-0.05, 0) is 44.7 Å². The van der Waals surface area contributed by atoms with Crippen LogP contribution in [0.2, 0.25) is 0 Å². The van der Waals surface area contributed by atoms with Crippen LogP contribution in [0.5, 0.6) is 0 Å². The lowest BCUT2D eigenvalue weighted by Crippen LogP contribution is -2.48. The molecule has 0 spiro atoms. The van der Waals surface area contributed by atoms with Crippen molar-refractivity contribution in [3.8, 4) is 0 Å². The highest BCUT2D eigenvalue weighted by Gasteiger charge is 2.32. The molecule has 2 fully saturated rings. The average Bonchev–Trinajstić information content (AvgIpc) is 2.78. The molecule has 0 aromatic carbocycles. The molecule has 2 heterocycles. The molecular weight excluding hydrogens is 268 g/mol. The summed E-state index contributed by atoms with van der Waals surface area (Å²) in [6.45, 7) is 4.33. The van der Waals surface area contributed by atoms with Gasteiger partial charge >= 0.3 is 0 Å². The fourth-order valence-electron chi connectivity index (χ4n) is 3.55. The number of nitrogens with zero attached hydrogens (tertiary/aromatic N) is 1. The van der Waals surface area contributed by atoms with E-state index in [1.807, 2.05) is 0 Å². The van der Waals surface area contributed by atoms with E-state index in [0.717, 1.165) is 32.5 Å². The van der Waals surface area contributed by atoms with Crippen molar-refractivity contribution in [1.82, 2.24) is 10.2 Å². The van der Waals surface area contributed by atoms with Crippen LogP contribution in [-0.2, 0) is 14.3 Å². The summed E-state index contributed by atoms with van der Waals surface area (Å²) >= 11 is 0. The fraction of sp³-hybridized carbons (Fsp3) is 0.938. The first-order chi connectivity index (χ1) is 10.3. The summed E-state index contributed by atoms with van der Waals surface area (Å²) in [5, 5.41) is 3.42. The number of ether oxygens (including phenoxy) is 2. The first kappa shape index (κ1) is 16.7. The van der Waals surface area contributed by atoms with Crippen molar-refractivity contribution in [1.29, 1.82) is 0 Å². The van der Waals surface area contributed by atoms with Gasteiger partial charge in [0.2, 0.25) is 5.91 Å². The number of carbonyl (C=O) groups excluding carboxylic acids is 1. The Bertz CT molecular complexity index is 306. The van der Waals surface area contributed by atoms with Crippen LogP contribution < -0.4 is 5.32 Å². The van der Waals surface area contributed by atoms with Gasteiger partial charge in [0.1, 0.15) is 6.61 Å². The molecule has 1 unspecified atom stereocenters. The Morgan fingerprint density at radius 2 is 1.95 bits per heavy atom. The largest absolute Gasteiger partial charge is 0.382 e. The third kappa shape index (κ3) is 5.24. The van der Waals surface area contributed by atoms with E-state index in [0.29, 0.717) is 25.2 Å². The van der Waals surface area contributed by atoms with E-state index in [-0.39, 0.29) is 12.5 Å². The summed E-state index contributed by atoms with van der Waals surface area (Å²) < 4.78 is 10.4. The van der Waals surface area contributed by atoms with Crippen molar-refractivity contribution in [3.63, 3.8) is 0 Å². The number of carbonyl (C=O) groups is 1. The molecule has 2 aliphatic rings. The van der Waals surface area contributed by atoms with Gasteiger partial charge in [0.25, 0.3) is 0 Å². The molecule has 1 atom stereocenters. The molecule has 0 saturated carbocycles. The number of likely N-dealkylation sites (tertiary alicyclic amines) is 1. The molecule has 0 aliphatic carbocycles. The number of rotatable bonds is 6. The summed E-state index contributed by atoms with van der Waals surface area (Å²) in [5.74, 6) is 0.823. The van der Waals surface area contributed by atoms with Gasteiger partial charge in [-0.3, -0.25) is 4.79 Å². The molecular formula is C16H30N2O3. The molecule has 5 nitrogen and oxygen atoms in total. The predicted molar refractivity (Wildman–Crippen MR) is 82.3 cm³/mol. The van der Waals surface area contributed by atoms with Gasteiger partial charge in [-0.25, -0.2) is 0 Å². The highest BCUT2D eigenvalue weighted by Crippen LogP contribution is 2.28. The first-order valence-corrected chi connectivity index (χ1v) is 8.40. The predicted octanol–water partition coefficient (Wildman–Crippen LogP) is 1.42. The summed E-state index contributed by atoms with van der Waals surface area (Å²) in [6, 6.07) is 0.424. The van der Waals surface area contributed by atoms with Gasteiger partial charge in [0.05, 0.1) is 13.2 Å². The maximum Gasteiger partial charge on any atom is 0.248 e. The van der Waals surface area contributed by atoms with E-state index in [4.69, 9.17) is 9.47 Å². The van der Waals surface area contributed by atoms with Gasteiger partial charge in [-0.1, -0.05) is 12.8 Å². The minimum Gasteiger partial charge on any atom is -0.382 e. The van der Waals surface area contributed by atoms with E-state index in [2.05, 4.69) is 10.2 Å². The molecule has 122 valence electrons. The molecule has 21 heavy (non-hydrogen) atoms. The van der Waals surface area contributed by atoms with Crippen LogP contribution in [0.1, 0.15) is 38.5 Å². The molecule has 0 radical (unpaired) electrons. The second-order valence-corrected chi connectivity index (χ2v) is 6.14. The molecule has 2 saturated heterocycles. The van der Waals surface area contributed by atoms with E-state index in [1.165, 1.54) is 25.7 Å². The Kier molecular flexibility index (Phi) is 7.47. The van der Waals surface area contributed by atoms with Crippen molar-refractivity contribution in [2.75, 3.05) is 46.6 Å². The second-order valence-electron chi connectivity index (χ2n) is 6.14. The van der Waals surface area contributed by atoms with Crippen LogP contribution in [0.4, 0.5) is 0 Å². The lowest BCUT2D eigenvalue weighted by atomic mass is 9.87. The van der Waals surface area contributed by atoms with Crippen molar-refractivity contribution in [3.05, 3.63) is 0 Å². The van der Waals surface area contributed by atoms with Gasteiger partial charge in [-0.15, -0.1) is 0 Å². The topological polar surface area (TPSA) is 50.8 Å². The van der Waals surface area contributed by atoms with Crippen LogP contribution in [0.15, 0.2) is 0 Å². The van der Waals surface area contributed by atoms with Crippen LogP contribution in [-0.4, -0.2) is 63.4 Å². The number of methoxy groups -OCH3 is 1. The minimum absolute atomic E-state index is 0.163. The smallest absolute Gasteiger partial charge is 0.248 e. The molecule has 2 aliphatic heterocycles. The average molecular weight is 298 g/mol. The highest BCUT2D eigenvalue weighted by atomic mass is 16.5. The van der Waals surface area contributed by atoms with Crippen molar-refractivity contribution >= 4 is 5.91 Å². The first-order valence-electron chi connectivity index (χ1n) is 8.40. The third-order valence-corrected chi connectivity index (χ3v) is 4.70. The lowest BCUT2D eigenvalue weighted by Gasteiger charge is -2.38. The zero-order valence-electron chi connectivity index (χ0n) is 13.3. The van der Waals surface area contributed by atoms with E-state index in [9.17, 15) is 4.79 Å². The van der Waals surface area contributed by atoms with Crippen LogP contribution in [0, 0.1) is 5.92 Å². The lowest BCUT2D eigenvalue weighted by molar-refractivity contribution is -0.140. The van der Waals surface area contributed by atoms with Gasteiger partial charge in [-0.2, -0.15) is 0 Å². The number of nitrogens with one attached hydrogen (secondary N) is 1. The number of amides is 1. The normalized spacial score (nSPS) is 24.8. The molecule has 0 bridgehead atoms. The Morgan fingerprint density at radius 3 is 2.71 bits per heavy atom. The maximum absolute atomic E-state index is 12.5. The monoisotopic (exact) mass is 298 g/mol. The zero-order chi connectivity index (χ0) is 14.9. The standard InChI is InChI=1S/C16H30N2O3/c1-20-11-12-21-13-16(19)18-10-4-2-3-5-15(18)14-6-8-17-9-7-14/h14-15,17H,2-13H2,1H3. The quantitative estimate of drug-likeness (QED) is 0.754. The van der Waals surface area contributed by atoms with Crippen molar-refractivity contribution < 1.29 is 14.3 Å². The van der Waals surface area contributed by atoms with Crippen LogP contribution >= 0.6 is 0 Å². The summed E-state index contributed by atoms with van der Waals surface area (Å²) in [5.41, 5.74) is 0. The minimum atomic E-state index is 0.163. The fourth-order valence-corrected chi connectivity index (χ4v) is 3.55. The summed E-state index contributed by atoms with van der Waals surface area (Å²) in [6.07, 6.45) is 7.18. The molecule has 0 aromatic heterocycles. The molecule has 5 heteroatoms. The number of hydrogen-bond acceptors (Lipinski definition) is 4. The van der Waals surface area contributed by atoms with Crippen LogP contribution in [0.25, 0.3) is 0 Å².